The normalized spacial score (nSPS) is 12.0. The minimum Gasteiger partial charge on any atom is -0.388 e. The Hall–Kier alpha value is -2.13. The third-order valence-corrected chi connectivity index (χ3v) is 3.57. The molecule has 1 atom stereocenters. The molecule has 0 radical (unpaired) electrons. The second-order valence-corrected chi connectivity index (χ2v) is 5.14. The molecule has 110 valence electrons. The molecule has 2 aromatic rings. The highest BCUT2D eigenvalue weighted by molar-refractivity contribution is 5.92. The van der Waals surface area contributed by atoms with Crippen molar-refractivity contribution < 1.29 is 9.90 Å². The number of carbonyl (C=O) groups excluding carboxylic acids is 1. The van der Waals surface area contributed by atoms with Crippen LogP contribution in [0.2, 0.25) is 0 Å². The third kappa shape index (κ3) is 3.92. The molecule has 1 amide bonds. The summed E-state index contributed by atoms with van der Waals surface area (Å²) in [6.45, 7) is 4.03. The van der Waals surface area contributed by atoms with Gasteiger partial charge in [0.1, 0.15) is 0 Å². The van der Waals surface area contributed by atoms with Crippen molar-refractivity contribution in [1.82, 2.24) is 0 Å². The van der Waals surface area contributed by atoms with Gasteiger partial charge < -0.3 is 10.4 Å². The summed E-state index contributed by atoms with van der Waals surface area (Å²) in [5.74, 6) is -0.171. The van der Waals surface area contributed by atoms with Crippen molar-refractivity contribution in [2.24, 2.45) is 0 Å². The zero-order valence-corrected chi connectivity index (χ0v) is 12.5. The zero-order chi connectivity index (χ0) is 15.2. The zero-order valence-electron chi connectivity index (χ0n) is 12.5. The smallest absolute Gasteiger partial charge is 0.227 e. The number of aliphatic hydroxyl groups excluding tert-OH is 1. The first-order valence-electron chi connectivity index (χ1n) is 7.23. The van der Waals surface area contributed by atoms with Crippen LogP contribution in [0, 0.1) is 6.92 Å². The molecular weight excluding hydrogens is 262 g/mol. The topological polar surface area (TPSA) is 49.3 Å². The molecule has 0 saturated heterocycles. The van der Waals surface area contributed by atoms with Crippen molar-refractivity contribution in [3.8, 4) is 0 Å². The predicted octanol–water partition coefficient (Wildman–Crippen LogP) is 3.62. The van der Waals surface area contributed by atoms with Gasteiger partial charge in [-0.05, 0) is 30.0 Å². The maximum Gasteiger partial charge on any atom is 0.227 e. The van der Waals surface area contributed by atoms with Crippen LogP contribution in [-0.4, -0.2) is 11.0 Å². The minimum absolute atomic E-state index is 0.0570. The van der Waals surface area contributed by atoms with E-state index in [1.54, 1.807) is 0 Å². The van der Waals surface area contributed by atoms with Crippen molar-refractivity contribution in [1.29, 1.82) is 0 Å². The average Bonchev–Trinajstić information content (AvgIpc) is 2.50. The molecule has 0 aliphatic carbocycles. The van der Waals surface area contributed by atoms with Crippen molar-refractivity contribution in [3.05, 3.63) is 65.2 Å². The van der Waals surface area contributed by atoms with Crippen LogP contribution in [0.3, 0.4) is 0 Å². The van der Waals surface area contributed by atoms with E-state index in [0.717, 1.165) is 28.8 Å². The van der Waals surface area contributed by atoms with Crippen LogP contribution in [0.15, 0.2) is 48.5 Å². The van der Waals surface area contributed by atoms with Crippen LogP contribution in [-0.2, 0) is 11.2 Å². The summed E-state index contributed by atoms with van der Waals surface area (Å²) in [6, 6.07) is 15.2. The molecule has 0 aliphatic heterocycles. The molecule has 2 N–H and O–H groups in total. The van der Waals surface area contributed by atoms with Crippen LogP contribution >= 0.6 is 0 Å². The monoisotopic (exact) mass is 283 g/mol. The van der Waals surface area contributed by atoms with Gasteiger partial charge in [0.05, 0.1) is 12.5 Å². The number of aryl methyl sites for hydroxylation is 2. The van der Waals surface area contributed by atoms with Gasteiger partial charge in [0.15, 0.2) is 0 Å². The van der Waals surface area contributed by atoms with Gasteiger partial charge in [-0.15, -0.1) is 0 Å². The van der Waals surface area contributed by atoms with Crippen LogP contribution in [0.25, 0.3) is 0 Å². The SMILES string of the molecule is CCc1cccc(C)c1NC(=O)CC(O)c1ccccc1. The van der Waals surface area contributed by atoms with Crippen molar-refractivity contribution in [3.63, 3.8) is 0 Å². The number of aliphatic hydroxyl groups is 1. The number of rotatable bonds is 5. The summed E-state index contributed by atoms with van der Waals surface area (Å²) >= 11 is 0. The van der Waals surface area contributed by atoms with Gasteiger partial charge in [-0.3, -0.25) is 4.79 Å². The fourth-order valence-electron chi connectivity index (χ4n) is 2.36. The molecule has 3 nitrogen and oxygen atoms in total. The van der Waals surface area contributed by atoms with E-state index < -0.39 is 6.10 Å². The summed E-state index contributed by atoms with van der Waals surface area (Å²) in [5.41, 5.74) is 3.77. The summed E-state index contributed by atoms with van der Waals surface area (Å²) < 4.78 is 0. The van der Waals surface area contributed by atoms with E-state index in [4.69, 9.17) is 0 Å². The molecule has 1 unspecified atom stereocenters. The number of anilines is 1. The van der Waals surface area contributed by atoms with Gasteiger partial charge in [0.2, 0.25) is 5.91 Å². The van der Waals surface area contributed by atoms with Gasteiger partial charge in [0.25, 0.3) is 0 Å². The maximum atomic E-state index is 12.1. The molecule has 0 aliphatic rings. The van der Waals surface area contributed by atoms with E-state index in [0.29, 0.717) is 0 Å². The molecule has 21 heavy (non-hydrogen) atoms. The van der Waals surface area contributed by atoms with Gasteiger partial charge >= 0.3 is 0 Å². The molecule has 2 aromatic carbocycles. The fraction of sp³-hybridized carbons (Fsp3) is 0.278. The van der Waals surface area contributed by atoms with Gasteiger partial charge in [-0.2, -0.15) is 0 Å². The lowest BCUT2D eigenvalue weighted by Crippen LogP contribution is -2.17. The number of benzene rings is 2. The Balaban J connectivity index is 2.06. The lowest BCUT2D eigenvalue weighted by Gasteiger charge is -2.15. The Bertz CT molecular complexity index is 608. The van der Waals surface area contributed by atoms with E-state index in [1.807, 2.05) is 55.5 Å². The van der Waals surface area contributed by atoms with E-state index >= 15 is 0 Å². The molecule has 0 bridgehead atoms. The van der Waals surface area contributed by atoms with E-state index in [9.17, 15) is 9.90 Å². The van der Waals surface area contributed by atoms with Crippen LogP contribution in [0.4, 0.5) is 5.69 Å². The van der Waals surface area contributed by atoms with Gasteiger partial charge in [-0.25, -0.2) is 0 Å². The maximum absolute atomic E-state index is 12.1. The van der Waals surface area contributed by atoms with Crippen molar-refractivity contribution >= 4 is 11.6 Å². The highest BCUT2D eigenvalue weighted by Crippen LogP contribution is 2.23. The summed E-state index contributed by atoms with van der Waals surface area (Å²) in [7, 11) is 0. The van der Waals surface area contributed by atoms with Crippen LogP contribution < -0.4 is 5.32 Å². The fourth-order valence-corrected chi connectivity index (χ4v) is 2.36. The lowest BCUT2D eigenvalue weighted by molar-refractivity contribution is -0.118. The molecule has 0 heterocycles. The second-order valence-electron chi connectivity index (χ2n) is 5.14. The molecule has 2 rings (SSSR count). The average molecular weight is 283 g/mol. The predicted molar refractivity (Wildman–Crippen MR) is 85.2 cm³/mol. The molecular formula is C18H21NO2. The molecule has 0 aromatic heterocycles. The Kier molecular flexibility index (Phi) is 5.12. The van der Waals surface area contributed by atoms with Crippen LogP contribution in [0.1, 0.15) is 36.1 Å². The largest absolute Gasteiger partial charge is 0.388 e. The number of carbonyl (C=O) groups is 1. The Morgan fingerprint density at radius 2 is 1.86 bits per heavy atom. The Morgan fingerprint density at radius 1 is 1.14 bits per heavy atom. The van der Waals surface area contributed by atoms with Crippen molar-refractivity contribution in [2.75, 3.05) is 5.32 Å². The molecule has 0 saturated carbocycles. The quantitative estimate of drug-likeness (QED) is 0.880. The standard InChI is InChI=1S/C18H21NO2/c1-3-14-11-7-8-13(2)18(14)19-17(21)12-16(20)15-9-5-4-6-10-15/h4-11,16,20H,3,12H2,1-2H3,(H,19,21). The molecule has 0 spiro atoms. The highest BCUT2D eigenvalue weighted by Gasteiger charge is 2.14. The Labute approximate surface area is 125 Å². The first-order valence-corrected chi connectivity index (χ1v) is 7.23. The van der Waals surface area contributed by atoms with Crippen molar-refractivity contribution in [2.45, 2.75) is 32.8 Å². The first kappa shape index (κ1) is 15.3. The number of para-hydroxylation sites is 1. The van der Waals surface area contributed by atoms with Gasteiger partial charge in [0, 0.05) is 5.69 Å². The van der Waals surface area contributed by atoms with E-state index in [2.05, 4.69) is 12.2 Å². The lowest BCUT2D eigenvalue weighted by atomic mass is 10.0. The Morgan fingerprint density at radius 3 is 2.52 bits per heavy atom. The molecule has 0 fully saturated rings. The minimum atomic E-state index is -0.778. The van der Waals surface area contributed by atoms with Crippen LogP contribution in [0.5, 0.6) is 0 Å². The molecule has 3 heteroatoms. The summed E-state index contributed by atoms with van der Waals surface area (Å²) in [6.07, 6.45) is 0.139. The van der Waals surface area contributed by atoms with Gasteiger partial charge in [-0.1, -0.05) is 55.5 Å². The second kappa shape index (κ2) is 7.04. The third-order valence-electron chi connectivity index (χ3n) is 3.57. The summed E-state index contributed by atoms with van der Waals surface area (Å²) in [5, 5.41) is 13.0. The first-order chi connectivity index (χ1) is 10.1. The number of amides is 1. The number of hydrogen-bond acceptors (Lipinski definition) is 2. The van der Waals surface area contributed by atoms with E-state index in [-0.39, 0.29) is 12.3 Å². The van der Waals surface area contributed by atoms with E-state index in [1.165, 1.54) is 0 Å². The summed E-state index contributed by atoms with van der Waals surface area (Å²) in [4.78, 5) is 12.1. The number of nitrogens with one attached hydrogen (secondary N) is 1. The highest BCUT2D eigenvalue weighted by atomic mass is 16.3. The number of hydrogen-bond donors (Lipinski definition) is 2.